The van der Waals surface area contributed by atoms with Crippen LogP contribution in [-0.2, 0) is 11.4 Å². The van der Waals surface area contributed by atoms with Gasteiger partial charge < -0.3 is 19.7 Å². The molecule has 1 atom stereocenters. The van der Waals surface area contributed by atoms with Crippen molar-refractivity contribution in [1.29, 1.82) is 0 Å². The van der Waals surface area contributed by atoms with E-state index < -0.39 is 6.09 Å². The van der Waals surface area contributed by atoms with Crippen molar-refractivity contribution in [2.45, 2.75) is 117 Å². The first kappa shape index (κ1) is 38.7. The summed E-state index contributed by atoms with van der Waals surface area (Å²) in [6, 6.07) is 18.0. The molecule has 1 amide bonds. The number of thiophene rings is 1. The Morgan fingerprint density at radius 3 is 2.33 bits per heavy atom. The number of rotatable bonds is 22. The molecule has 8 nitrogen and oxygen atoms in total. The topological polar surface area (TPSA) is 76.0 Å². The molecule has 2 aromatic carbocycles. The number of alkyl carbamates (subject to hydrolysis) is 1. The molecule has 2 aromatic heterocycles. The number of carbonyl (C=O) groups excluding carboxylic acids is 1. The Balaban J connectivity index is 0.968. The third kappa shape index (κ3) is 12.3. The van der Waals surface area contributed by atoms with Gasteiger partial charge in [0.15, 0.2) is 0 Å². The number of nitrogens with one attached hydrogen (secondary N) is 1. The van der Waals surface area contributed by atoms with Gasteiger partial charge in [0.2, 0.25) is 0 Å². The van der Waals surface area contributed by atoms with Gasteiger partial charge in [0.05, 0.1) is 12.1 Å². The first-order chi connectivity index (χ1) is 25.0. The smallest absolute Gasteiger partial charge is 0.408 e. The number of ether oxygens (including phenoxy) is 2. The van der Waals surface area contributed by atoms with E-state index in [0.717, 1.165) is 75.1 Å². The molecule has 1 unspecified atom stereocenters. The van der Waals surface area contributed by atoms with Crippen molar-refractivity contribution in [2.24, 2.45) is 0 Å². The van der Waals surface area contributed by atoms with Crippen LogP contribution in [0.25, 0.3) is 21.0 Å². The lowest BCUT2D eigenvalue weighted by atomic mass is 10.0. The largest absolute Gasteiger partial charge is 0.494 e. The maximum Gasteiger partial charge on any atom is 0.408 e. The lowest BCUT2D eigenvalue weighted by Gasteiger charge is -2.36. The molecule has 1 fully saturated rings. The zero-order chi connectivity index (χ0) is 35.7. The van der Waals surface area contributed by atoms with Gasteiger partial charge in [-0.05, 0) is 86.3 Å². The standard InChI is InChI=1S/C42H60N4O4S/c1-3-4-5-6-7-8-9-10-11-12-13-17-34(2)50-42(48)43-33-46-39-32-36(22-20-35(39)21-23-41(46)47)49-30-15-14-25-44-26-28-45(29-27-44)38-18-16-19-40-37(38)24-31-51-40/h16,18-24,31-32,34H,3-15,17,25-30,33H2,1-2H3,(H,43,48). The van der Waals surface area contributed by atoms with E-state index in [4.69, 9.17) is 9.47 Å². The molecule has 3 heterocycles. The summed E-state index contributed by atoms with van der Waals surface area (Å²) in [6.45, 7) is 10.2. The molecule has 0 radical (unpaired) electrons. The minimum Gasteiger partial charge on any atom is -0.494 e. The van der Waals surface area contributed by atoms with Crippen molar-refractivity contribution in [3.8, 4) is 5.75 Å². The number of carbonyl (C=O) groups is 1. The predicted molar refractivity (Wildman–Crippen MR) is 214 cm³/mol. The number of anilines is 1. The predicted octanol–water partition coefficient (Wildman–Crippen LogP) is 9.97. The van der Waals surface area contributed by atoms with Gasteiger partial charge in [-0.3, -0.25) is 14.3 Å². The van der Waals surface area contributed by atoms with E-state index in [-0.39, 0.29) is 18.3 Å². The second kappa shape index (κ2) is 21.1. The Bertz CT molecular complexity index is 1680. The Kier molecular flexibility index (Phi) is 16.0. The van der Waals surface area contributed by atoms with Gasteiger partial charge in [-0.1, -0.05) is 77.2 Å². The molecule has 0 spiro atoms. The second-order valence-corrected chi connectivity index (χ2v) is 15.1. The SMILES string of the molecule is CCCCCCCCCCCCCC(C)OC(=O)NCn1c(=O)ccc2ccc(OCCCCN3CCN(c4cccc5sccc45)CC3)cc21. The Hall–Kier alpha value is -3.56. The van der Waals surface area contributed by atoms with E-state index in [1.165, 1.54) is 86.0 Å². The summed E-state index contributed by atoms with van der Waals surface area (Å²) in [5.74, 6) is 0.723. The summed E-state index contributed by atoms with van der Waals surface area (Å²) in [7, 11) is 0. The van der Waals surface area contributed by atoms with Crippen LogP contribution in [0, 0.1) is 0 Å². The molecule has 1 N–H and O–H groups in total. The Labute approximate surface area is 309 Å². The lowest BCUT2D eigenvalue weighted by molar-refractivity contribution is 0.0985. The zero-order valence-corrected chi connectivity index (χ0v) is 31.9. The van der Waals surface area contributed by atoms with Crippen LogP contribution in [0.4, 0.5) is 10.5 Å². The van der Waals surface area contributed by atoms with Gasteiger partial charge in [-0.25, -0.2) is 4.79 Å². The van der Waals surface area contributed by atoms with Crippen molar-refractivity contribution in [3.63, 3.8) is 0 Å². The fraction of sp³-hybridized carbons (Fsp3) is 0.571. The number of hydrogen-bond acceptors (Lipinski definition) is 7. The third-order valence-corrected chi connectivity index (χ3v) is 11.1. The van der Waals surface area contributed by atoms with Crippen molar-refractivity contribution in [2.75, 3.05) is 44.2 Å². The average Bonchev–Trinajstić information content (AvgIpc) is 3.63. The number of pyridine rings is 1. The van der Waals surface area contributed by atoms with Crippen LogP contribution in [0.2, 0.25) is 0 Å². The van der Waals surface area contributed by atoms with E-state index in [0.29, 0.717) is 6.61 Å². The maximum absolute atomic E-state index is 12.8. The van der Waals surface area contributed by atoms with Gasteiger partial charge in [0.25, 0.3) is 5.56 Å². The number of unbranched alkanes of at least 4 members (excludes halogenated alkanes) is 11. The molecule has 0 saturated carbocycles. The third-order valence-electron chi connectivity index (χ3n) is 10.2. The quantitative estimate of drug-likeness (QED) is 0.0817. The van der Waals surface area contributed by atoms with Crippen LogP contribution >= 0.6 is 11.3 Å². The molecular weight excluding hydrogens is 657 g/mol. The van der Waals surface area contributed by atoms with Crippen LogP contribution in [-0.4, -0.2) is 61.0 Å². The number of benzene rings is 2. The lowest BCUT2D eigenvalue weighted by Crippen LogP contribution is -2.46. The van der Waals surface area contributed by atoms with Crippen molar-refractivity contribution >= 4 is 44.1 Å². The van der Waals surface area contributed by atoms with Crippen LogP contribution < -0.4 is 20.5 Å². The molecule has 278 valence electrons. The minimum atomic E-state index is -0.497. The van der Waals surface area contributed by atoms with E-state index in [2.05, 4.69) is 51.7 Å². The molecular formula is C42H60N4O4S. The molecule has 1 saturated heterocycles. The van der Waals surface area contributed by atoms with Gasteiger partial charge in [0.1, 0.15) is 18.5 Å². The number of amides is 1. The fourth-order valence-electron chi connectivity index (χ4n) is 7.14. The van der Waals surface area contributed by atoms with Gasteiger partial charge in [-0.2, -0.15) is 0 Å². The highest BCUT2D eigenvalue weighted by Crippen LogP contribution is 2.31. The highest BCUT2D eigenvalue weighted by Gasteiger charge is 2.18. The Morgan fingerprint density at radius 2 is 1.57 bits per heavy atom. The number of aromatic nitrogens is 1. The number of fused-ring (bicyclic) bond motifs is 2. The van der Waals surface area contributed by atoms with E-state index >= 15 is 0 Å². The molecule has 9 heteroatoms. The highest BCUT2D eigenvalue weighted by atomic mass is 32.1. The summed E-state index contributed by atoms with van der Waals surface area (Å²) in [4.78, 5) is 30.5. The first-order valence-electron chi connectivity index (χ1n) is 19.7. The molecule has 4 aromatic rings. The average molecular weight is 717 g/mol. The monoisotopic (exact) mass is 716 g/mol. The zero-order valence-electron chi connectivity index (χ0n) is 31.1. The van der Waals surface area contributed by atoms with Crippen LogP contribution in [0.1, 0.15) is 104 Å². The van der Waals surface area contributed by atoms with Crippen molar-refractivity contribution in [3.05, 3.63) is 70.3 Å². The summed E-state index contributed by atoms with van der Waals surface area (Å²) >= 11 is 1.81. The molecule has 1 aliphatic rings. The number of hydrogen-bond donors (Lipinski definition) is 1. The molecule has 0 aliphatic carbocycles. The van der Waals surface area contributed by atoms with Crippen LogP contribution in [0.15, 0.2) is 64.8 Å². The number of piperazine rings is 1. The van der Waals surface area contributed by atoms with E-state index in [9.17, 15) is 9.59 Å². The summed E-state index contributed by atoms with van der Waals surface area (Å²) in [6.07, 6.45) is 16.5. The van der Waals surface area contributed by atoms with Crippen LogP contribution in [0.5, 0.6) is 5.75 Å². The molecule has 51 heavy (non-hydrogen) atoms. The van der Waals surface area contributed by atoms with Gasteiger partial charge >= 0.3 is 6.09 Å². The fourth-order valence-corrected chi connectivity index (χ4v) is 7.94. The number of nitrogens with zero attached hydrogens (tertiary/aromatic N) is 3. The molecule has 5 rings (SSSR count). The van der Waals surface area contributed by atoms with Gasteiger partial charge in [0, 0.05) is 54.1 Å². The minimum absolute atomic E-state index is 0.0410. The second-order valence-electron chi connectivity index (χ2n) is 14.2. The molecule has 0 bridgehead atoms. The molecule has 1 aliphatic heterocycles. The van der Waals surface area contributed by atoms with Gasteiger partial charge in [-0.15, -0.1) is 11.3 Å². The van der Waals surface area contributed by atoms with E-state index in [1.807, 2.05) is 42.5 Å². The Morgan fingerprint density at radius 1 is 0.843 bits per heavy atom. The maximum atomic E-state index is 12.8. The highest BCUT2D eigenvalue weighted by molar-refractivity contribution is 7.17. The van der Waals surface area contributed by atoms with Crippen molar-refractivity contribution in [1.82, 2.24) is 14.8 Å². The van der Waals surface area contributed by atoms with Crippen LogP contribution in [0.3, 0.4) is 0 Å². The first-order valence-corrected chi connectivity index (χ1v) is 20.5. The normalized spacial score (nSPS) is 14.3. The summed E-state index contributed by atoms with van der Waals surface area (Å²) in [5.41, 5.74) is 1.91. The summed E-state index contributed by atoms with van der Waals surface area (Å²) in [5, 5.41) is 7.25. The van der Waals surface area contributed by atoms with Crippen molar-refractivity contribution < 1.29 is 14.3 Å². The van der Waals surface area contributed by atoms with E-state index in [1.54, 1.807) is 4.57 Å². The summed E-state index contributed by atoms with van der Waals surface area (Å²) < 4.78 is 14.6.